The van der Waals surface area contributed by atoms with E-state index in [1.807, 2.05) is 24.3 Å². The Bertz CT molecular complexity index is 958. The molecule has 2 saturated carbocycles. The first-order valence-corrected chi connectivity index (χ1v) is 14.2. The molecule has 2 aromatic rings. The molecule has 4 unspecified atom stereocenters. The zero-order chi connectivity index (χ0) is 24.3. The van der Waals surface area contributed by atoms with E-state index in [-0.39, 0.29) is 0 Å². The average molecular weight is 469 g/mol. The van der Waals surface area contributed by atoms with Crippen LogP contribution in [0.1, 0.15) is 107 Å². The van der Waals surface area contributed by atoms with E-state index < -0.39 is 0 Å². The van der Waals surface area contributed by atoms with Crippen LogP contribution in [0.15, 0.2) is 61.2 Å². The predicted octanol–water partition coefficient (Wildman–Crippen LogP) is 9.31. The summed E-state index contributed by atoms with van der Waals surface area (Å²) in [6.07, 6.45) is 19.1. The first-order chi connectivity index (χ1) is 17.2. The molecule has 1 heteroatoms. The van der Waals surface area contributed by atoms with Gasteiger partial charge in [0, 0.05) is 11.1 Å². The largest absolute Gasteiger partial charge is 0.490 e. The van der Waals surface area contributed by atoms with Crippen LogP contribution in [0.25, 0.3) is 0 Å². The molecular formula is C34H44O. The van der Waals surface area contributed by atoms with Crippen LogP contribution < -0.4 is 4.74 Å². The van der Waals surface area contributed by atoms with Crippen LogP contribution in [0.4, 0.5) is 0 Å². The molecule has 4 atom stereocenters. The Morgan fingerprint density at radius 2 is 1.46 bits per heavy atom. The lowest BCUT2D eigenvalue weighted by atomic mass is 9.63. The Balaban J connectivity index is 1.24. The summed E-state index contributed by atoms with van der Waals surface area (Å²) in [5, 5.41) is 0. The number of hydrogen-bond donors (Lipinski definition) is 0. The van der Waals surface area contributed by atoms with Crippen LogP contribution in [-0.4, -0.2) is 6.61 Å². The van der Waals surface area contributed by atoms with Gasteiger partial charge in [0.1, 0.15) is 12.4 Å². The van der Waals surface area contributed by atoms with Crippen molar-refractivity contribution in [3.05, 3.63) is 77.9 Å². The van der Waals surface area contributed by atoms with Crippen LogP contribution in [0.3, 0.4) is 0 Å². The molecular weight excluding hydrogens is 424 g/mol. The van der Waals surface area contributed by atoms with Crippen LogP contribution >= 0.6 is 0 Å². The maximum absolute atomic E-state index is 5.54. The third-order valence-electron chi connectivity index (χ3n) is 8.39. The van der Waals surface area contributed by atoms with Crippen molar-refractivity contribution in [2.24, 2.45) is 17.8 Å². The van der Waals surface area contributed by atoms with E-state index in [4.69, 9.17) is 4.74 Å². The molecule has 0 N–H and O–H groups in total. The molecule has 2 aromatic carbocycles. The number of benzene rings is 2. The smallest absolute Gasteiger partial charge is 0.119 e. The van der Waals surface area contributed by atoms with E-state index in [9.17, 15) is 0 Å². The molecule has 186 valence electrons. The monoisotopic (exact) mass is 468 g/mol. The molecule has 0 amide bonds. The Kier molecular flexibility index (Phi) is 9.94. The van der Waals surface area contributed by atoms with Gasteiger partial charge in [-0.1, -0.05) is 88.5 Å². The molecule has 1 nitrogen and oxygen atoms in total. The lowest BCUT2D eigenvalue weighted by molar-refractivity contribution is 0.113. The second kappa shape index (κ2) is 13.6. The number of rotatable bonds is 10. The van der Waals surface area contributed by atoms with Crippen molar-refractivity contribution in [1.29, 1.82) is 0 Å². The normalized spacial score (nSPS) is 23.6. The maximum atomic E-state index is 5.54. The molecule has 0 heterocycles. The highest BCUT2D eigenvalue weighted by molar-refractivity contribution is 5.45. The van der Waals surface area contributed by atoms with E-state index in [1.165, 1.54) is 82.6 Å². The fourth-order valence-corrected chi connectivity index (χ4v) is 6.36. The molecule has 0 aromatic heterocycles. The van der Waals surface area contributed by atoms with E-state index >= 15 is 0 Å². The van der Waals surface area contributed by atoms with Gasteiger partial charge in [0.2, 0.25) is 0 Å². The molecule has 0 saturated heterocycles. The lowest BCUT2D eigenvalue weighted by Crippen LogP contribution is -2.30. The summed E-state index contributed by atoms with van der Waals surface area (Å²) < 4.78 is 5.54. The van der Waals surface area contributed by atoms with Gasteiger partial charge in [-0.3, -0.25) is 0 Å². The number of hydrogen-bond acceptors (Lipinski definition) is 1. The summed E-state index contributed by atoms with van der Waals surface area (Å²) in [4.78, 5) is 0. The average Bonchev–Trinajstić information content (AvgIpc) is 2.91. The highest BCUT2D eigenvalue weighted by Crippen LogP contribution is 2.48. The zero-order valence-corrected chi connectivity index (χ0v) is 21.8. The summed E-state index contributed by atoms with van der Waals surface area (Å²) in [5.74, 6) is 11.2. The molecule has 0 spiro atoms. The summed E-state index contributed by atoms with van der Waals surface area (Å²) in [6, 6.07) is 17.1. The first-order valence-electron chi connectivity index (χ1n) is 14.2. The van der Waals surface area contributed by atoms with E-state index in [0.29, 0.717) is 6.61 Å². The summed E-state index contributed by atoms with van der Waals surface area (Å²) >= 11 is 0. The Morgan fingerprint density at radius 3 is 2.17 bits per heavy atom. The van der Waals surface area contributed by atoms with Crippen molar-refractivity contribution < 1.29 is 4.74 Å². The molecule has 2 aliphatic carbocycles. The van der Waals surface area contributed by atoms with Crippen molar-refractivity contribution in [1.82, 2.24) is 0 Å². The molecule has 2 fully saturated rings. The zero-order valence-electron chi connectivity index (χ0n) is 21.8. The third kappa shape index (κ3) is 7.76. The van der Waals surface area contributed by atoms with Crippen LogP contribution in [0.5, 0.6) is 5.75 Å². The predicted molar refractivity (Wildman–Crippen MR) is 149 cm³/mol. The fourth-order valence-electron chi connectivity index (χ4n) is 6.36. The maximum Gasteiger partial charge on any atom is 0.119 e. The number of fused-ring (bicyclic) bond motifs is 1. The van der Waals surface area contributed by atoms with Crippen LogP contribution in [0, 0.1) is 29.6 Å². The molecule has 2 aliphatic rings. The van der Waals surface area contributed by atoms with Gasteiger partial charge < -0.3 is 4.74 Å². The second-order valence-electron chi connectivity index (χ2n) is 10.9. The summed E-state index contributed by atoms with van der Waals surface area (Å²) in [5.41, 5.74) is 3.62. The molecule has 0 bridgehead atoms. The molecule has 35 heavy (non-hydrogen) atoms. The minimum atomic E-state index is 0.527. The van der Waals surface area contributed by atoms with Crippen molar-refractivity contribution in [3.8, 4) is 17.6 Å². The van der Waals surface area contributed by atoms with Crippen molar-refractivity contribution >= 4 is 0 Å². The van der Waals surface area contributed by atoms with E-state index in [1.54, 1.807) is 6.08 Å². The standard InChI is InChI=1S/C34H44O/c1-3-5-6-7-8-9-29-14-19-33-26-32(21-20-31(33)25-29)30-17-12-27(13-18-30)10-11-28-15-22-34(23-16-28)35-24-4-2/h4,12-13,15-18,22-23,29,31-33H,2-3,5-9,14,19-21,24-26H2,1H3. The van der Waals surface area contributed by atoms with Gasteiger partial charge in [0.25, 0.3) is 0 Å². The molecule has 0 aliphatic heterocycles. The minimum Gasteiger partial charge on any atom is -0.490 e. The van der Waals surface area contributed by atoms with Gasteiger partial charge in [-0.05, 0) is 97.7 Å². The number of ether oxygens (including phenoxy) is 1. The molecule has 0 radical (unpaired) electrons. The van der Waals surface area contributed by atoms with Crippen LogP contribution in [0.2, 0.25) is 0 Å². The van der Waals surface area contributed by atoms with Gasteiger partial charge >= 0.3 is 0 Å². The summed E-state index contributed by atoms with van der Waals surface area (Å²) in [7, 11) is 0. The van der Waals surface area contributed by atoms with E-state index in [2.05, 4.69) is 49.6 Å². The Hall–Kier alpha value is -2.46. The van der Waals surface area contributed by atoms with Crippen molar-refractivity contribution in [2.45, 2.75) is 89.9 Å². The Labute approximate surface area is 214 Å². The van der Waals surface area contributed by atoms with Gasteiger partial charge in [-0.2, -0.15) is 0 Å². The van der Waals surface area contributed by atoms with Gasteiger partial charge in [-0.15, -0.1) is 0 Å². The van der Waals surface area contributed by atoms with Crippen molar-refractivity contribution in [2.75, 3.05) is 6.61 Å². The van der Waals surface area contributed by atoms with Crippen molar-refractivity contribution in [3.63, 3.8) is 0 Å². The quantitative estimate of drug-likeness (QED) is 0.192. The van der Waals surface area contributed by atoms with Gasteiger partial charge in [0.15, 0.2) is 0 Å². The second-order valence-corrected chi connectivity index (χ2v) is 10.9. The SMILES string of the molecule is C=CCOc1ccc(C#Cc2ccc(C3CCC4CC(CCCCCCC)CCC4C3)cc2)cc1. The van der Waals surface area contributed by atoms with Gasteiger partial charge in [0.05, 0.1) is 0 Å². The lowest BCUT2D eigenvalue weighted by Gasteiger charge is -2.42. The number of unbranched alkanes of at least 4 members (excludes halogenated alkanes) is 4. The van der Waals surface area contributed by atoms with Crippen LogP contribution in [-0.2, 0) is 0 Å². The van der Waals surface area contributed by atoms with E-state index in [0.717, 1.165) is 40.5 Å². The third-order valence-corrected chi connectivity index (χ3v) is 8.39. The Morgan fingerprint density at radius 1 is 0.800 bits per heavy atom. The fraction of sp³-hybridized carbons (Fsp3) is 0.529. The summed E-state index contributed by atoms with van der Waals surface area (Å²) in [6.45, 7) is 6.52. The van der Waals surface area contributed by atoms with Gasteiger partial charge in [-0.25, -0.2) is 0 Å². The highest BCUT2D eigenvalue weighted by atomic mass is 16.5. The topological polar surface area (TPSA) is 9.23 Å². The highest BCUT2D eigenvalue weighted by Gasteiger charge is 2.35. The molecule has 4 rings (SSSR count). The minimum absolute atomic E-state index is 0.527. The first kappa shape index (κ1) is 25.6.